The maximum Gasteiger partial charge on any atom is 0.185 e. The lowest BCUT2D eigenvalue weighted by Gasteiger charge is -2.49. The molecule has 1 fully saturated rings. The molecular formula is C13H23N3OS. The predicted molar refractivity (Wildman–Crippen MR) is 76.3 cm³/mol. The van der Waals surface area contributed by atoms with Gasteiger partial charge < -0.3 is 14.9 Å². The van der Waals surface area contributed by atoms with Gasteiger partial charge in [-0.25, -0.2) is 4.98 Å². The van der Waals surface area contributed by atoms with Gasteiger partial charge in [0.2, 0.25) is 0 Å². The highest BCUT2D eigenvalue weighted by Gasteiger charge is 2.40. The van der Waals surface area contributed by atoms with Gasteiger partial charge in [0.25, 0.3) is 0 Å². The Kier molecular flexibility index (Phi) is 3.94. The fraction of sp³-hybridized carbons (Fsp3) is 0.769. The van der Waals surface area contributed by atoms with Crippen molar-refractivity contribution in [2.75, 3.05) is 32.6 Å². The van der Waals surface area contributed by atoms with Crippen molar-refractivity contribution >= 4 is 16.5 Å². The van der Waals surface area contributed by atoms with E-state index in [-0.39, 0.29) is 6.61 Å². The van der Waals surface area contributed by atoms with Crippen molar-refractivity contribution in [3.05, 3.63) is 10.6 Å². The molecule has 0 spiro atoms. The van der Waals surface area contributed by atoms with Crippen molar-refractivity contribution in [1.82, 2.24) is 9.88 Å². The van der Waals surface area contributed by atoms with Crippen LogP contribution in [-0.2, 0) is 6.61 Å². The average molecular weight is 269 g/mol. The van der Waals surface area contributed by atoms with E-state index < -0.39 is 0 Å². The van der Waals surface area contributed by atoms with Gasteiger partial charge in [-0.15, -0.1) is 0 Å². The van der Waals surface area contributed by atoms with E-state index in [1.165, 1.54) is 19.3 Å². The average Bonchev–Trinajstić information content (AvgIpc) is 2.64. The Balaban J connectivity index is 2.09. The van der Waals surface area contributed by atoms with Gasteiger partial charge in [-0.3, -0.25) is 0 Å². The fourth-order valence-corrected chi connectivity index (χ4v) is 3.44. The lowest BCUT2D eigenvalue weighted by atomic mass is 9.75. The number of hydrogen-bond acceptors (Lipinski definition) is 5. The highest BCUT2D eigenvalue weighted by Crippen LogP contribution is 2.38. The summed E-state index contributed by atoms with van der Waals surface area (Å²) in [5.41, 5.74) is 1.27. The molecule has 102 valence electrons. The molecule has 1 saturated carbocycles. The van der Waals surface area contributed by atoms with Crippen LogP contribution in [0.4, 0.5) is 5.13 Å². The molecule has 0 radical (unpaired) electrons. The Morgan fingerprint density at radius 2 is 2.00 bits per heavy atom. The first kappa shape index (κ1) is 13.8. The van der Waals surface area contributed by atoms with E-state index in [4.69, 9.17) is 0 Å². The number of rotatable bonds is 5. The SMILES string of the molecule is Cc1nc(N(C)CC2(N(C)C)CCC2)sc1CO. The van der Waals surface area contributed by atoms with Gasteiger partial charge in [0, 0.05) is 19.1 Å². The molecule has 0 saturated heterocycles. The van der Waals surface area contributed by atoms with Gasteiger partial charge >= 0.3 is 0 Å². The fourth-order valence-electron chi connectivity index (χ4n) is 2.56. The summed E-state index contributed by atoms with van der Waals surface area (Å²) < 4.78 is 0. The summed E-state index contributed by atoms with van der Waals surface area (Å²) in [6, 6.07) is 0. The zero-order chi connectivity index (χ0) is 13.3. The molecule has 0 amide bonds. The van der Waals surface area contributed by atoms with Crippen LogP contribution in [0.3, 0.4) is 0 Å². The Morgan fingerprint density at radius 1 is 1.33 bits per heavy atom. The molecular weight excluding hydrogens is 246 g/mol. The molecule has 1 aromatic rings. The highest BCUT2D eigenvalue weighted by atomic mass is 32.1. The van der Waals surface area contributed by atoms with Crippen molar-refractivity contribution in [3.63, 3.8) is 0 Å². The summed E-state index contributed by atoms with van der Waals surface area (Å²) in [5, 5.41) is 10.3. The molecule has 1 aromatic heterocycles. The van der Waals surface area contributed by atoms with Crippen molar-refractivity contribution < 1.29 is 5.11 Å². The topological polar surface area (TPSA) is 39.6 Å². The molecule has 1 aliphatic rings. The van der Waals surface area contributed by atoms with Crippen molar-refractivity contribution in [3.8, 4) is 0 Å². The molecule has 0 aromatic carbocycles. The third-order valence-electron chi connectivity index (χ3n) is 4.12. The molecule has 1 heterocycles. The second-order valence-electron chi connectivity index (χ2n) is 5.49. The maximum atomic E-state index is 9.24. The van der Waals surface area contributed by atoms with Gasteiger partial charge in [0.15, 0.2) is 5.13 Å². The standard InChI is InChI=1S/C13H23N3OS/c1-10-11(8-17)18-12(14-10)16(4)9-13(15(2)3)6-5-7-13/h17H,5-9H2,1-4H3. The number of hydrogen-bond donors (Lipinski definition) is 1. The van der Waals surface area contributed by atoms with E-state index in [0.717, 1.165) is 22.2 Å². The van der Waals surface area contributed by atoms with Gasteiger partial charge in [-0.2, -0.15) is 0 Å². The van der Waals surface area contributed by atoms with Crippen LogP contribution in [0.1, 0.15) is 29.8 Å². The molecule has 0 bridgehead atoms. The molecule has 0 unspecified atom stereocenters. The third-order valence-corrected chi connectivity index (χ3v) is 5.37. The summed E-state index contributed by atoms with van der Waals surface area (Å²) in [6.45, 7) is 3.07. The maximum absolute atomic E-state index is 9.24. The second kappa shape index (κ2) is 5.15. The van der Waals surface area contributed by atoms with Crippen LogP contribution < -0.4 is 4.90 Å². The summed E-state index contributed by atoms with van der Waals surface area (Å²) in [7, 11) is 6.43. The quantitative estimate of drug-likeness (QED) is 0.886. The summed E-state index contributed by atoms with van der Waals surface area (Å²) in [5.74, 6) is 0. The largest absolute Gasteiger partial charge is 0.391 e. The number of likely N-dealkylation sites (N-methyl/N-ethyl adjacent to an activating group) is 2. The Labute approximate surface area is 113 Å². The van der Waals surface area contributed by atoms with Crippen LogP contribution in [0.5, 0.6) is 0 Å². The Morgan fingerprint density at radius 3 is 2.39 bits per heavy atom. The summed E-state index contributed by atoms with van der Waals surface area (Å²) >= 11 is 1.60. The van der Waals surface area contributed by atoms with Crippen molar-refractivity contribution in [2.24, 2.45) is 0 Å². The van der Waals surface area contributed by atoms with Gasteiger partial charge in [0.05, 0.1) is 17.2 Å². The summed E-state index contributed by atoms with van der Waals surface area (Å²) in [6.07, 6.45) is 3.86. The Bertz CT molecular complexity index is 412. The van der Waals surface area contributed by atoms with Gasteiger partial charge in [-0.05, 0) is 40.3 Å². The molecule has 0 aliphatic heterocycles. The van der Waals surface area contributed by atoms with Crippen LogP contribution >= 0.6 is 11.3 Å². The van der Waals surface area contributed by atoms with E-state index in [9.17, 15) is 5.11 Å². The predicted octanol–water partition coefficient (Wildman–Crippen LogP) is 1.86. The smallest absolute Gasteiger partial charge is 0.185 e. The first-order chi connectivity index (χ1) is 8.48. The molecule has 2 rings (SSSR count). The van der Waals surface area contributed by atoms with Crippen LogP contribution in [-0.4, -0.2) is 48.2 Å². The van der Waals surface area contributed by atoms with E-state index in [1.807, 2.05) is 6.92 Å². The monoisotopic (exact) mass is 269 g/mol. The minimum Gasteiger partial charge on any atom is -0.391 e. The number of thiazole rings is 1. The number of aromatic nitrogens is 1. The van der Waals surface area contributed by atoms with Crippen LogP contribution in [0, 0.1) is 6.92 Å². The molecule has 4 nitrogen and oxygen atoms in total. The second-order valence-corrected chi connectivity index (χ2v) is 6.55. The van der Waals surface area contributed by atoms with Crippen LogP contribution in [0.25, 0.3) is 0 Å². The van der Waals surface area contributed by atoms with E-state index >= 15 is 0 Å². The number of aryl methyl sites for hydroxylation is 1. The van der Waals surface area contributed by atoms with E-state index in [0.29, 0.717) is 5.54 Å². The minimum atomic E-state index is 0.0934. The minimum absolute atomic E-state index is 0.0934. The summed E-state index contributed by atoms with van der Waals surface area (Å²) in [4.78, 5) is 10.1. The molecule has 18 heavy (non-hydrogen) atoms. The molecule has 1 N–H and O–H groups in total. The normalized spacial score (nSPS) is 17.9. The van der Waals surface area contributed by atoms with Crippen molar-refractivity contribution in [1.29, 1.82) is 0 Å². The number of nitrogens with zero attached hydrogens (tertiary/aromatic N) is 3. The number of aliphatic hydroxyl groups excluding tert-OH is 1. The number of anilines is 1. The van der Waals surface area contributed by atoms with E-state index in [2.05, 4.69) is 35.9 Å². The Hall–Kier alpha value is -0.650. The zero-order valence-electron chi connectivity index (χ0n) is 11.7. The van der Waals surface area contributed by atoms with Crippen LogP contribution in [0.2, 0.25) is 0 Å². The zero-order valence-corrected chi connectivity index (χ0v) is 12.5. The van der Waals surface area contributed by atoms with Gasteiger partial charge in [-0.1, -0.05) is 11.3 Å². The highest BCUT2D eigenvalue weighted by molar-refractivity contribution is 7.15. The lowest BCUT2D eigenvalue weighted by molar-refractivity contribution is 0.0683. The van der Waals surface area contributed by atoms with E-state index in [1.54, 1.807) is 11.3 Å². The number of aliphatic hydroxyl groups is 1. The third kappa shape index (κ3) is 2.39. The molecule has 1 aliphatic carbocycles. The molecule has 5 heteroatoms. The van der Waals surface area contributed by atoms with Gasteiger partial charge in [0.1, 0.15) is 0 Å². The van der Waals surface area contributed by atoms with Crippen molar-refractivity contribution in [2.45, 2.75) is 38.3 Å². The first-order valence-corrected chi connectivity index (χ1v) is 7.26. The lowest BCUT2D eigenvalue weighted by Crippen LogP contribution is -2.56. The molecule has 0 atom stereocenters. The first-order valence-electron chi connectivity index (χ1n) is 6.44. The van der Waals surface area contributed by atoms with Crippen LogP contribution in [0.15, 0.2) is 0 Å².